The van der Waals surface area contributed by atoms with Crippen molar-refractivity contribution >= 4 is 39.1 Å². The molecule has 3 aromatic carbocycles. The minimum atomic E-state index is 0.798. The fraction of sp³-hybridized carbons (Fsp3) is 0.280. The van der Waals surface area contributed by atoms with Gasteiger partial charge >= 0.3 is 0 Å². The van der Waals surface area contributed by atoms with Gasteiger partial charge < -0.3 is 9.47 Å². The molecular formula is C25H26ClN3. The maximum atomic E-state index is 6.02. The Kier molecular flexibility index (Phi) is 4.94. The first-order valence-electron chi connectivity index (χ1n) is 10.5. The number of nitrogens with zero attached hydrogens (tertiary/aromatic N) is 3. The van der Waals surface area contributed by atoms with E-state index in [2.05, 4.69) is 75.9 Å². The zero-order valence-electron chi connectivity index (χ0n) is 16.8. The summed E-state index contributed by atoms with van der Waals surface area (Å²) in [5.41, 5.74) is 5.34. The minimum absolute atomic E-state index is 0.798. The summed E-state index contributed by atoms with van der Waals surface area (Å²) in [7, 11) is 0. The number of fused-ring (bicyclic) bond motifs is 3. The van der Waals surface area contributed by atoms with Crippen molar-refractivity contribution in [1.29, 1.82) is 0 Å². The van der Waals surface area contributed by atoms with Crippen molar-refractivity contribution in [3.05, 3.63) is 77.3 Å². The molecule has 0 saturated carbocycles. The Bertz CT molecular complexity index is 1140. The van der Waals surface area contributed by atoms with Gasteiger partial charge in [-0.15, -0.1) is 0 Å². The summed E-state index contributed by atoms with van der Waals surface area (Å²) in [6.07, 6.45) is 0. The molecule has 0 bridgehead atoms. The van der Waals surface area contributed by atoms with Crippen molar-refractivity contribution in [2.24, 2.45) is 0 Å². The molecule has 0 N–H and O–H groups in total. The van der Waals surface area contributed by atoms with Crippen molar-refractivity contribution in [2.75, 3.05) is 31.1 Å². The van der Waals surface area contributed by atoms with Gasteiger partial charge in [0, 0.05) is 71.8 Å². The number of anilines is 1. The Labute approximate surface area is 177 Å². The molecule has 3 nitrogen and oxygen atoms in total. The van der Waals surface area contributed by atoms with Crippen LogP contribution in [0.4, 0.5) is 5.69 Å². The molecule has 1 saturated heterocycles. The van der Waals surface area contributed by atoms with E-state index in [4.69, 9.17) is 11.6 Å². The second-order valence-electron chi connectivity index (χ2n) is 7.85. The third kappa shape index (κ3) is 3.50. The van der Waals surface area contributed by atoms with Gasteiger partial charge in [0.25, 0.3) is 0 Å². The first-order chi connectivity index (χ1) is 14.2. The zero-order chi connectivity index (χ0) is 19.8. The van der Waals surface area contributed by atoms with Gasteiger partial charge in [-0.25, -0.2) is 0 Å². The second-order valence-corrected chi connectivity index (χ2v) is 8.29. The van der Waals surface area contributed by atoms with E-state index in [0.717, 1.165) is 44.3 Å². The Hall–Kier alpha value is -2.49. The second kappa shape index (κ2) is 7.74. The average molecular weight is 404 g/mol. The summed E-state index contributed by atoms with van der Waals surface area (Å²) in [4.78, 5) is 5.01. The van der Waals surface area contributed by atoms with E-state index in [1.54, 1.807) is 0 Å². The van der Waals surface area contributed by atoms with Crippen LogP contribution in [0, 0.1) is 0 Å². The summed E-state index contributed by atoms with van der Waals surface area (Å²) < 4.78 is 2.42. The molecule has 1 fully saturated rings. The lowest BCUT2D eigenvalue weighted by atomic mass is 10.1. The van der Waals surface area contributed by atoms with Crippen LogP contribution in [0.2, 0.25) is 5.02 Å². The van der Waals surface area contributed by atoms with E-state index in [9.17, 15) is 0 Å². The Morgan fingerprint density at radius 1 is 0.793 bits per heavy atom. The van der Waals surface area contributed by atoms with Crippen LogP contribution < -0.4 is 4.90 Å². The van der Waals surface area contributed by atoms with Crippen molar-refractivity contribution in [2.45, 2.75) is 20.0 Å². The van der Waals surface area contributed by atoms with E-state index in [0.29, 0.717) is 0 Å². The van der Waals surface area contributed by atoms with Gasteiger partial charge in [-0.05, 0) is 55.0 Å². The Balaban J connectivity index is 1.33. The fourth-order valence-corrected chi connectivity index (χ4v) is 4.74. The predicted octanol–water partition coefficient (Wildman–Crippen LogP) is 5.79. The number of hydrogen-bond donors (Lipinski definition) is 0. The molecule has 1 aromatic heterocycles. The lowest BCUT2D eigenvalue weighted by Crippen LogP contribution is -2.45. The average Bonchev–Trinajstić information content (AvgIpc) is 3.08. The zero-order valence-corrected chi connectivity index (χ0v) is 17.6. The number of piperazine rings is 1. The lowest BCUT2D eigenvalue weighted by Gasteiger charge is -2.36. The Morgan fingerprint density at radius 2 is 1.52 bits per heavy atom. The van der Waals surface area contributed by atoms with Crippen molar-refractivity contribution in [3.8, 4) is 0 Å². The van der Waals surface area contributed by atoms with E-state index in [-0.39, 0.29) is 0 Å². The van der Waals surface area contributed by atoms with Gasteiger partial charge in [0.15, 0.2) is 0 Å². The van der Waals surface area contributed by atoms with Gasteiger partial charge in [-0.3, -0.25) is 4.90 Å². The summed E-state index contributed by atoms with van der Waals surface area (Å²) in [6.45, 7) is 8.50. The molecule has 5 rings (SSSR count). The molecule has 0 spiro atoms. The fourth-order valence-electron chi connectivity index (χ4n) is 4.61. The quantitative estimate of drug-likeness (QED) is 0.427. The topological polar surface area (TPSA) is 11.4 Å². The van der Waals surface area contributed by atoms with Crippen LogP contribution in [0.25, 0.3) is 21.8 Å². The predicted molar refractivity (Wildman–Crippen MR) is 124 cm³/mol. The number of aryl methyl sites for hydroxylation is 1. The number of aromatic nitrogens is 1. The summed E-state index contributed by atoms with van der Waals surface area (Å²) in [5.74, 6) is 0. The molecule has 1 aliphatic rings. The summed E-state index contributed by atoms with van der Waals surface area (Å²) in [5, 5.41) is 3.53. The van der Waals surface area contributed by atoms with Crippen molar-refractivity contribution in [3.63, 3.8) is 0 Å². The third-order valence-electron chi connectivity index (χ3n) is 6.12. The van der Waals surface area contributed by atoms with Crippen LogP contribution in [0.5, 0.6) is 0 Å². The molecule has 0 radical (unpaired) electrons. The first-order valence-corrected chi connectivity index (χ1v) is 10.8. The number of rotatable bonds is 4. The molecule has 2 heterocycles. The monoisotopic (exact) mass is 403 g/mol. The largest absolute Gasteiger partial charge is 0.369 e. The summed E-state index contributed by atoms with van der Waals surface area (Å²) in [6, 6.07) is 24.0. The molecule has 148 valence electrons. The van der Waals surface area contributed by atoms with Crippen LogP contribution >= 0.6 is 11.6 Å². The van der Waals surface area contributed by atoms with Crippen LogP contribution in [0.1, 0.15) is 12.5 Å². The third-order valence-corrected chi connectivity index (χ3v) is 6.38. The lowest BCUT2D eigenvalue weighted by molar-refractivity contribution is 0.250. The molecule has 4 aromatic rings. The highest BCUT2D eigenvalue weighted by Crippen LogP contribution is 2.30. The van der Waals surface area contributed by atoms with E-state index in [1.165, 1.54) is 33.1 Å². The van der Waals surface area contributed by atoms with E-state index in [1.807, 2.05) is 12.1 Å². The highest BCUT2D eigenvalue weighted by atomic mass is 35.5. The molecule has 0 atom stereocenters. The van der Waals surface area contributed by atoms with Crippen LogP contribution in [-0.2, 0) is 13.1 Å². The standard InChI is InChI=1S/C25H26ClN3/c1-2-29-24-6-4-3-5-22(24)23-17-19(7-12-25(23)29)18-27-13-15-28(16-14-27)21-10-8-20(26)9-11-21/h3-12,17H,2,13-16,18H2,1H3. The maximum Gasteiger partial charge on any atom is 0.0491 e. The highest BCUT2D eigenvalue weighted by molar-refractivity contribution is 6.30. The number of halogens is 1. The number of benzene rings is 3. The Morgan fingerprint density at radius 3 is 2.28 bits per heavy atom. The molecule has 0 aliphatic carbocycles. The van der Waals surface area contributed by atoms with Gasteiger partial charge in [-0.1, -0.05) is 35.9 Å². The van der Waals surface area contributed by atoms with Gasteiger partial charge in [0.2, 0.25) is 0 Å². The number of para-hydroxylation sites is 1. The molecule has 29 heavy (non-hydrogen) atoms. The SMILES string of the molecule is CCn1c2ccccc2c2cc(CN3CCN(c4ccc(Cl)cc4)CC3)ccc21. The smallest absolute Gasteiger partial charge is 0.0491 e. The summed E-state index contributed by atoms with van der Waals surface area (Å²) >= 11 is 6.02. The minimum Gasteiger partial charge on any atom is -0.369 e. The van der Waals surface area contributed by atoms with Crippen molar-refractivity contribution < 1.29 is 0 Å². The number of hydrogen-bond acceptors (Lipinski definition) is 2. The molecule has 1 aliphatic heterocycles. The first kappa shape index (κ1) is 18.5. The van der Waals surface area contributed by atoms with Gasteiger partial charge in [-0.2, -0.15) is 0 Å². The van der Waals surface area contributed by atoms with Gasteiger partial charge in [0.05, 0.1) is 0 Å². The van der Waals surface area contributed by atoms with Gasteiger partial charge in [0.1, 0.15) is 0 Å². The maximum absolute atomic E-state index is 6.02. The molecule has 0 amide bonds. The van der Waals surface area contributed by atoms with Crippen molar-refractivity contribution in [1.82, 2.24) is 9.47 Å². The van der Waals surface area contributed by atoms with Crippen LogP contribution in [0.15, 0.2) is 66.7 Å². The molecular weight excluding hydrogens is 378 g/mol. The highest BCUT2D eigenvalue weighted by Gasteiger charge is 2.18. The van der Waals surface area contributed by atoms with Crippen LogP contribution in [0.3, 0.4) is 0 Å². The molecule has 0 unspecified atom stereocenters. The van der Waals surface area contributed by atoms with Crippen LogP contribution in [-0.4, -0.2) is 35.6 Å². The normalized spacial score (nSPS) is 15.4. The van der Waals surface area contributed by atoms with E-state index < -0.39 is 0 Å². The van der Waals surface area contributed by atoms with E-state index >= 15 is 0 Å². The molecule has 4 heteroatoms.